The van der Waals surface area contributed by atoms with E-state index in [4.69, 9.17) is 0 Å². The lowest BCUT2D eigenvalue weighted by atomic mass is 9.96. The van der Waals surface area contributed by atoms with Gasteiger partial charge in [-0.1, -0.05) is 72.8 Å². The predicted octanol–water partition coefficient (Wildman–Crippen LogP) is 5.70. The normalized spacial score (nSPS) is 24.9. The molecule has 4 aromatic carbocycles. The highest BCUT2D eigenvalue weighted by atomic mass is 15.0. The van der Waals surface area contributed by atoms with Gasteiger partial charge in [-0.2, -0.15) is 0 Å². The highest BCUT2D eigenvalue weighted by molar-refractivity contribution is 5.83. The molecule has 4 atom stereocenters. The second-order valence-corrected chi connectivity index (χ2v) is 10.4. The molecule has 1 heterocycles. The molecule has 1 fully saturated rings. The van der Waals surface area contributed by atoms with Crippen LogP contribution in [-0.2, 0) is 0 Å². The lowest BCUT2D eigenvalue weighted by Crippen LogP contribution is -2.42. The molecule has 4 N–H and O–H groups in total. The summed E-state index contributed by atoms with van der Waals surface area (Å²) in [5.74, 6) is 0. The minimum Gasteiger partial charge on any atom is -0.313 e. The summed E-state index contributed by atoms with van der Waals surface area (Å²) >= 11 is 0. The van der Waals surface area contributed by atoms with Crippen LogP contribution in [-0.4, -0.2) is 38.3 Å². The van der Waals surface area contributed by atoms with Crippen LogP contribution >= 0.6 is 0 Å². The minimum absolute atomic E-state index is 0.313. The summed E-state index contributed by atoms with van der Waals surface area (Å²) in [4.78, 5) is 0. The van der Waals surface area contributed by atoms with E-state index in [1.807, 2.05) is 0 Å². The maximum atomic E-state index is 3.88. The fraction of sp³-hybridized carbons (Fsp3) is 0.375. The average Bonchev–Trinajstić information content (AvgIpc) is 2.91. The van der Waals surface area contributed by atoms with E-state index in [0.29, 0.717) is 24.2 Å². The van der Waals surface area contributed by atoms with E-state index in [1.54, 1.807) is 0 Å². The van der Waals surface area contributed by atoms with Gasteiger partial charge in [0, 0.05) is 50.3 Å². The Bertz CT molecular complexity index is 1170. The first kappa shape index (κ1) is 24.9. The molecule has 0 bridgehead atoms. The zero-order chi connectivity index (χ0) is 24.7. The third kappa shape index (κ3) is 6.32. The van der Waals surface area contributed by atoms with Gasteiger partial charge in [-0.05, 0) is 71.5 Å². The Morgan fingerprint density at radius 2 is 0.861 bits per heavy atom. The quantitative estimate of drug-likeness (QED) is 0.297. The molecule has 0 amide bonds. The van der Waals surface area contributed by atoms with E-state index in [9.17, 15) is 0 Å². The van der Waals surface area contributed by atoms with Crippen LogP contribution in [0.25, 0.3) is 21.5 Å². The van der Waals surface area contributed by atoms with E-state index < -0.39 is 0 Å². The van der Waals surface area contributed by atoms with Gasteiger partial charge >= 0.3 is 0 Å². The van der Waals surface area contributed by atoms with Crippen molar-refractivity contribution in [2.45, 2.75) is 50.9 Å². The Labute approximate surface area is 215 Å². The SMILES string of the molecule is CC1CC(c2ccc3ccccc3c2)NCCNC(c2ccc3ccccc3c2)CC(C)NCCN1. The van der Waals surface area contributed by atoms with Crippen LogP contribution in [0.1, 0.15) is 49.9 Å². The molecule has 0 spiro atoms. The standard InChI is InChI=1S/C32H40N4/c1-23-19-31(29-13-11-25-7-3-5-9-27(25)21-29)35-17-18-36-32(20-24(2)34-16-15-33-23)30-14-12-26-8-4-6-10-28(26)22-30/h3-14,21-24,31-36H,15-20H2,1-2H3. The summed E-state index contributed by atoms with van der Waals surface area (Å²) in [6.45, 7) is 8.41. The molecule has 0 aliphatic carbocycles. The largest absolute Gasteiger partial charge is 0.313 e. The number of hydrogen-bond donors (Lipinski definition) is 4. The molecular weight excluding hydrogens is 440 g/mol. The van der Waals surface area contributed by atoms with Gasteiger partial charge in [0.1, 0.15) is 0 Å². The Kier molecular flexibility index (Phi) is 8.29. The van der Waals surface area contributed by atoms with Gasteiger partial charge in [-0.25, -0.2) is 0 Å². The van der Waals surface area contributed by atoms with Crippen LogP contribution in [0.3, 0.4) is 0 Å². The second kappa shape index (κ2) is 12.0. The summed E-state index contributed by atoms with van der Waals surface area (Å²) in [6, 6.07) is 32.6. The average molecular weight is 481 g/mol. The van der Waals surface area contributed by atoms with Crippen molar-refractivity contribution in [2.75, 3.05) is 26.2 Å². The number of rotatable bonds is 2. The summed E-state index contributed by atoms with van der Waals surface area (Å²) in [7, 11) is 0. The molecule has 1 aliphatic rings. The van der Waals surface area contributed by atoms with Crippen LogP contribution in [0.15, 0.2) is 84.9 Å². The highest BCUT2D eigenvalue weighted by Crippen LogP contribution is 2.25. The lowest BCUT2D eigenvalue weighted by Gasteiger charge is -2.28. The Morgan fingerprint density at radius 1 is 0.472 bits per heavy atom. The van der Waals surface area contributed by atoms with Crippen LogP contribution in [0, 0.1) is 0 Å². The van der Waals surface area contributed by atoms with Gasteiger partial charge in [0.15, 0.2) is 0 Å². The Morgan fingerprint density at radius 3 is 1.31 bits per heavy atom. The molecule has 0 saturated carbocycles. The summed E-state index contributed by atoms with van der Waals surface area (Å²) < 4.78 is 0. The fourth-order valence-electron chi connectivity index (χ4n) is 5.53. The van der Waals surface area contributed by atoms with E-state index in [1.165, 1.54) is 32.7 Å². The number of nitrogens with one attached hydrogen (secondary N) is 4. The zero-order valence-electron chi connectivity index (χ0n) is 21.6. The van der Waals surface area contributed by atoms with Gasteiger partial charge in [-0.3, -0.25) is 0 Å². The molecule has 1 saturated heterocycles. The van der Waals surface area contributed by atoms with Crippen LogP contribution in [0.4, 0.5) is 0 Å². The maximum absolute atomic E-state index is 3.88. The van der Waals surface area contributed by atoms with Crippen molar-refractivity contribution in [1.29, 1.82) is 0 Å². The fourth-order valence-corrected chi connectivity index (χ4v) is 5.53. The number of fused-ring (bicyclic) bond motifs is 2. The van der Waals surface area contributed by atoms with Crippen molar-refractivity contribution in [1.82, 2.24) is 21.3 Å². The van der Waals surface area contributed by atoms with Crippen molar-refractivity contribution in [2.24, 2.45) is 0 Å². The molecule has 0 aromatic heterocycles. The first-order valence-corrected chi connectivity index (χ1v) is 13.6. The van der Waals surface area contributed by atoms with E-state index in [-0.39, 0.29) is 0 Å². The Balaban J connectivity index is 1.33. The molecule has 36 heavy (non-hydrogen) atoms. The summed E-state index contributed by atoms with van der Waals surface area (Å²) in [6.07, 6.45) is 2.12. The van der Waals surface area contributed by atoms with Gasteiger partial charge in [0.2, 0.25) is 0 Å². The van der Waals surface area contributed by atoms with Crippen molar-refractivity contribution in [3.63, 3.8) is 0 Å². The molecule has 1 aliphatic heterocycles. The zero-order valence-corrected chi connectivity index (χ0v) is 21.6. The molecule has 4 unspecified atom stereocenters. The number of benzene rings is 4. The first-order chi connectivity index (χ1) is 17.7. The third-order valence-electron chi connectivity index (χ3n) is 7.55. The predicted molar refractivity (Wildman–Crippen MR) is 154 cm³/mol. The highest BCUT2D eigenvalue weighted by Gasteiger charge is 2.19. The van der Waals surface area contributed by atoms with Crippen LogP contribution in [0.2, 0.25) is 0 Å². The van der Waals surface area contributed by atoms with Crippen molar-refractivity contribution >= 4 is 21.5 Å². The summed E-state index contributed by atoms with van der Waals surface area (Å²) in [5.41, 5.74) is 2.74. The van der Waals surface area contributed by atoms with Crippen LogP contribution in [0.5, 0.6) is 0 Å². The monoisotopic (exact) mass is 480 g/mol. The van der Waals surface area contributed by atoms with Gasteiger partial charge in [0.25, 0.3) is 0 Å². The van der Waals surface area contributed by atoms with Gasteiger partial charge in [0.05, 0.1) is 0 Å². The first-order valence-electron chi connectivity index (χ1n) is 13.6. The lowest BCUT2D eigenvalue weighted by molar-refractivity contribution is 0.371. The maximum Gasteiger partial charge on any atom is 0.0335 e. The molecule has 4 aromatic rings. The molecule has 5 rings (SSSR count). The van der Waals surface area contributed by atoms with E-state index in [2.05, 4.69) is 120 Å². The van der Waals surface area contributed by atoms with Crippen molar-refractivity contribution in [3.05, 3.63) is 96.1 Å². The second-order valence-electron chi connectivity index (χ2n) is 10.4. The topological polar surface area (TPSA) is 48.1 Å². The Hall–Kier alpha value is -2.76. The minimum atomic E-state index is 0.313. The van der Waals surface area contributed by atoms with Gasteiger partial charge in [-0.15, -0.1) is 0 Å². The molecule has 4 nitrogen and oxygen atoms in total. The van der Waals surface area contributed by atoms with Crippen molar-refractivity contribution < 1.29 is 0 Å². The molecule has 4 heteroatoms. The molecule has 0 radical (unpaired) electrons. The molecule has 188 valence electrons. The van der Waals surface area contributed by atoms with E-state index >= 15 is 0 Å². The van der Waals surface area contributed by atoms with Gasteiger partial charge < -0.3 is 21.3 Å². The number of hydrogen-bond acceptors (Lipinski definition) is 4. The summed E-state index contributed by atoms with van der Waals surface area (Å²) in [5, 5.41) is 20.5. The molecular formula is C32H40N4. The smallest absolute Gasteiger partial charge is 0.0335 e. The van der Waals surface area contributed by atoms with E-state index in [0.717, 1.165) is 39.0 Å². The third-order valence-corrected chi connectivity index (χ3v) is 7.55. The van der Waals surface area contributed by atoms with Crippen LogP contribution < -0.4 is 21.3 Å². The van der Waals surface area contributed by atoms with Crippen molar-refractivity contribution in [3.8, 4) is 0 Å².